The molecule has 3 amide bonds. The molecule has 2 rings (SSSR count). The van der Waals surface area contributed by atoms with Crippen LogP contribution in [-0.4, -0.2) is 24.5 Å². The lowest BCUT2D eigenvalue weighted by Crippen LogP contribution is -2.35. The van der Waals surface area contributed by atoms with Crippen LogP contribution in [0.4, 0.5) is 16.2 Å². The third-order valence-corrected chi connectivity index (χ3v) is 3.27. The van der Waals surface area contributed by atoms with Crippen molar-refractivity contribution >= 4 is 23.3 Å². The Labute approximate surface area is 119 Å². The minimum Gasteiger partial charge on any atom is -0.336 e. The van der Waals surface area contributed by atoms with Crippen molar-refractivity contribution in [2.75, 3.05) is 16.8 Å². The third kappa shape index (κ3) is 3.10. The summed E-state index contributed by atoms with van der Waals surface area (Å²) in [7, 11) is 0. The number of fused-ring (bicyclic) bond motifs is 1. The van der Waals surface area contributed by atoms with Gasteiger partial charge in [0, 0.05) is 30.4 Å². The van der Waals surface area contributed by atoms with E-state index in [-0.39, 0.29) is 18.0 Å². The normalized spacial score (nSPS) is 14.2. The molecular formula is C15H21N3O2. The molecule has 0 fully saturated rings. The topological polar surface area (TPSA) is 61.4 Å². The number of hydrogen-bond acceptors (Lipinski definition) is 2. The smallest absolute Gasteiger partial charge is 0.319 e. The number of amides is 3. The van der Waals surface area contributed by atoms with Crippen LogP contribution >= 0.6 is 0 Å². The van der Waals surface area contributed by atoms with Gasteiger partial charge in [-0.15, -0.1) is 0 Å². The second-order valence-electron chi connectivity index (χ2n) is 5.23. The first kappa shape index (κ1) is 14.4. The maximum absolute atomic E-state index is 11.8. The lowest BCUT2D eigenvalue weighted by molar-refractivity contribution is -0.118. The van der Waals surface area contributed by atoms with Crippen molar-refractivity contribution in [3.63, 3.8) is 0 Å². The Morgan fingerprint density at radius 1 is 1.35 bits per heavy atom. The number of rotatable bonds is 3. The zero-order chi connectivity index (χ0) is 14.7. The second kappa shape index (κ2) is 5.94. The van der Waals surface area contributed by atoms with E-state index in [1.807, 2.05) is 39.0 Å². The molecular weight excluding hydrogens is 254 g/mol. The summed E-state index contributed by atoms with van der Waals surface area (Å²) < 4.78 is 0. The minimum atomic E-state index is -0.209. The quantitative estimate of drug-likeness (QED) is 0.890. The Kier molecular flexibility index (Phi) is 4.27. The first-order chi connectivity index (χ1) is 9.51. The van der Waals surface area contributed by atoms with Gasteiger partial charge in [-0.2, -0.15) is 0 Å². The Morgan fingerprint density at radius 2 is 2.10 bits per heavy atom. The maximum Gasteiger partial charge on any atom is 0.319 e. The fourth-order valence-electron chi connectivity index (χ4n) is 2.41. The SMILES string of the molecule is CCN1C(=O)CCc2cc(NC(=O)NC(C)C)ccc21. The number of nitrogens with one attached hydrogen (secondary N) is 2. The third-order valence-electron chi connectivity index (χ3n) is 3.27. The predicted octanol–water partition coefficient (Wildman–Crippen LogP) is 2.52. The lowest BCUT2D eigenvalue weighted by Gasteiger charge is -2.28. The highest BCUT2D eigenvalue weighted by atomic mass is 16.2. The van der Waals surface area contributed by atoms with E-state index in [0.29, 0.717) is 13.0 Å². The molecule has 0 spiro atoms. The molecule has 0 atom stereocenters. The van der Waals surface area contributed by atoms with Crippen LogP contribution in [0.1, 0.15) is 32.8 Å². The molecule has 0 radical (unpaired) electrons. The van der Waals surface area contributed by atoms with E-state index in [4.69, 9.17) is 0 Å². The van der Waals surface area contributed by atoms with E-state index in [2.05, 4.69) is 10.6 Å². The zero-order valence-electron chi connectivity index (χ0n) is 12.2. The highest BCUT2D eigenvalue weighted by Gasteiger charge is 2.22. The summed E-state index contributed by atoms with van der Waals surface area (Å²) in [5, 5.41) is 5.60. The first-order valence-electron chi connectivity index (χ1n) is 7.02. The Balaban J connectivity index is 2.16. The summed E-state index contributed by atoms with van der Waals surface area (Å²) in [4.78, 5) is 25.3. The average Bonchev–Trinajstić information content (AvgIpc) is 2.38. The molecule has 0 aliphatic carbocycles. The molecule has 0 bridgehead atoms. The number of urea groups is 1. The van der Waals surface area contributed by atoms with E-state index in [1.165, 1.54) is 0 Å². The van der Waals surface area contributed by atoms with Crippen molar-refractivity contribution in [3.8, 4) is 0 Å². The maximum atomic E-state index is 11.8. The standard InChI is InChI=1S/C15H21N3O2/c1-4-18-13-7-6-12(17-15(20)16-10(2)3)9-11(13)5-8-14(18)19/h6-7,9-10H,4-5,8H2,1-3H3,(H2,16,17,20). The van der Waals surface area contributed by atoms with Gasteiger partial charge in [0.15, 0.2) is 0 Å². The van der Waals surface area contributed by atoms with Crippen LogP contribution in [0.2, 0.25) is 0 Å². The molecule has 2 N–H and O–H groups in total. The van der Waals surface area contributed by atoms with Gasteiger partial charge in [0.05, 0.1) is 0 Å². The minimum absolute atomic E-state index is 0.0980. The summed E-state index contributed by atoms with van der Waals surface area (Å²) in [6.45, 7) is 6.47. The molecule has 5 heteroatoms. The molecule has 1 aromatic rings. The molecule has 1 aliphatic rings. The van der Waals surface area contributed by atoms with Crippen molar-refractivity contribution in [3.05, 3.63) is 23.8 Å². The van der Waals surface area contributed by atoms with Gasteiger partial charge in [-0.25, -0.2) is 4.79 Å². The van der Waals surface area contributed by atoms with Crippen LogP contribution in [0, 0.1) is 0 Å². The highest BCUT2D eigenvalue weighted by molar-refractivity contribution is 5.97. The van der Waals surface area contributed by atoms with E-state index in [9.17, 15) is 9.59 Å². The summed E-state index contributed by atoms with van der Waals surface area (Å²) in [6, 6.07) is 5.57. The van der Waals surface area contributed by atoms with Gasteiger partial charge in [-0.1, -0.05) is 0 Å². The van der Waals surface area contributed by atoms with Crippen molar-refractivity contribution in [1.29, 1.82) is 0 Å². The zero-order valence-corrected chi connectivity index (χ0v) is 12.2. The Bertz CT molecular complexity index is 526. The number of aryl methyl sites for hydroxylation is 1. The summed E-state index contributed by atoms with van der Waals surface area (Å²) in [5.41, 5.74) is 2.82. The van der Waals surface area contributed by atoms with Gasteiger partial charge < -0.3 is 15.5 Å². The van der Waals surface area contributed by atoms with Crippen molar-refractivity contribution in [2.24, 2.45) is 0 Å². The fourth-order valence-corrected chi connectivity index (χ4v) is 2.41. The number of carbonyl (C=O) groups excluding carboxylic acids is 2. The van der Waals surface area contributed by atoms with Crippen LogP contribution in [0.15, 0.2) is 18.2 Å². The van der Waals surface area contributed by atoms with Crippen LogP contribution < -0.4 is 15.5 Å². The number of nitrogens with zero attached hydrogens (tertiary/aromatic N) is 1. The summed E-state index contributed by atoms with van der Waals surface area (Å²) in [6.07, 6.45) is 1.26. The Morgan fingerprint density at radius 3 is 2.75 bits per heavy atom. The average molecular weight is 275 g/mol. The van der Waals surface area contributed by atoms with Gasteiger partial charge in [-0.3, -0.25) is 4.79 Å². The number of anilines is 2. The van der Waals surface area contributed by atoms with Gasteiger partial charge >= 0.3 is 6.03 Å². The van der Waals surface area contributed by atoms with Crippen LogP contribution in [0.3, 0.4) is 0 Å². The van der Waals surface area contributed by atoms with Crippen molar-refractivity contribution in [1.82, 2.24) is 5.32 Å². The lowest BCUT2D eigenvalue weighted by atomic mass is 10.0. The molecule has 0 unspecified atom stereocenters. The molecule has 0 aromatic heterocycles. The molecule has 1 aliphatic heterocycles. The number of carbonyl (C=O) groups is 2. The summed E-state index contributed by atoms with van der Waals surface area (Å²) in [5.74, 6) is 0.165. The molecule has 1 heterocycles. The van der Waals surface area contributed by atoms with Gasteiger partial charge in [0.1, 0.15) is 0 Å². The van der Waals surface area contributed by atoms with Gasteiger partial charge in [0.2, 0.25) is 5.91 Å². The van der Waals surface area contributed by atoms with Crippen LogP contribution in [0.5, 0.6) is 0 Å². The summed E-state index contributed by atoms with van der Waals surface area (Å²) >= 11 is 0. The molecule has 5 nitrogen and oxygen atoms in total. The molecule has 0 saturated carbocycles. The van der Waals surface area contributed by atoms with E-state index in [0.717, 1.165) is 23.4 Å². The van der Waals surface area contributed by atoms with Crippen molar-refractivity contribution in [2.45, 2.75) is 39.7 Å². The van der Waals surface area contributed by atoms with Crippen molar-refractivity contribution < 1.29 is 9.59 Å². The molecule has 108 valence electrons. The van der Waals surface area contributed by atoms with Gasteiger partial charge in [-0.05, 0) is 51.0 Å². The molecule has 1 aromatic carbocycles. The van der Waals surface area contributed by atoms with Gasteiger partial charge in [0.25, 0.3) is 0 Å². The predicted molar refractivity (Wildman–Crippen MR) is 80.1 cm³/mol. The van der Waals surface area contributed by atoms with Crippen LogP contribution in [0.25, 0.3) is 0 Å². The highest BCUT2D eigenvalue weighted by Crippen LogP contribution is 2.30. The number of hydrogen-bond donors (Lipinski definition) is 2. The van der Waals surface area contributed by atoms with E-state index in [1.54, 1.807) is 4.90 Å². The number of benzene rings is 1. The second-order valence-corrected chi connectivity index (χ2v) is 5.23. The molecule has 0 saturated heterocycles. The van der Waals surface area contributed by atoms with E-state index >= 15 is 0 Å². The van der Waals surface area contributed by atoms with Crippen LogP contribution in [-0.2, 0) is 11.2 Å². The fraction of sp³-hybridized carbons (Fsp3) is 0.467. The monoisotopic (exact) mass is 275 g/mol. The van der Waals surface area contributed by atoms with E-state index < -0.39 is 0 Å². The first-order valence-corrected chi connectivity index (χ1v) is 7.02. The largest absolute Gasteiger partial charge is 0.336 e. The molecule has 20 heavy (non-hydrogen) atoms. The Hall–Kier alpha value is -2.04.